The van der Waals surface area contributed by atoms with Gasteiger partial charge in [0, 0.05) is 42.8 Å². The topological polar surface area (TPSA) is 69.8 Å². The SMILES string of the molecule is Cc1n[nH]cc1-c1c[nH]c2nccc(N3CCO[C@@H](C)C3)c12. The van der Waals surface area contributed by atoms with Gasteiger partial charge in [-0.3, -0.25) is 5.10 Å². The first-order valence-electron chi connectivity index (χ1n) is 7.57. The van der Waals surface area contributed by atoms with Gasteiger partial charge in [-0.15, -0.1) is 0 Å². The number of fused-ring (bicyclic) bond motifs is 1. The Bertz CT molecular complexity index is 806. The lowest BCUT2D eigenvalue weighted by molar-refractivity contribution is 0.0533. The van der Waals surface area contributed by atoms with Crippen molar-refractivity contribution in [3.8, 4) is 11.1 Å². The number of nitrogens with zero attached hydrogens (tertiary/aromatic N) is 3. The van der Waals surface area contributed by atoms with Crippen LogP contribution in [0.15, 0.2) is 24.7 Å². The van der Waals surface area contributed by atoms with Crippen LogP contribution in [0.1, 0.15) is 12.6 Å². The van der Waals surface area contributed by atoms with Crippen LogP contribution in [0.5, 0.6) is 0 Å². The number of ether oxygens (including phenoxy) is 1. The standard InChI is InChI=1S/C16H19N5O/c1-10-9-21(5-6-22-10)14-3-4-17-16-15(14)13(7-18-16)12-8-19-20-11(12)2/h3-4,7-8,10H,5-6,9H2,1-2H3,(H,17,18)(H,19,20)/t10-/m0/s1. The zero-order valence-electron chi connectivity index (χ0n) is 12.8. The molecule has 6 nitrogen and oxygen atoms in total. The van der Waals surface area contributed by atoms with E-state index in [1.54, 1.807) is 0 Å². The van der Waals surface area contributed by atoms with Gasteiger partial charge in [-0.2, -0.15) is 5.10 Å². The molecule has 3 aromatic heterocycles. The Kier molecular flexibility index (Phi) is 3.11. The summed E-state index contributed by atoms with van der Waals surface area (Å²) in [5, 5.41) is 8.33. The van der Waals surface area contributed by atoms with E-state index in [2.05, 4.69) is 38.1 Å². The van der Waals surface area contributed by atoms with Gasteiger partial charge in [0.15, 0.2) is 0 Å². The highest BCUT2D eigenvalue weighted by Gasteiger charge is 2.22. The highest BCUT2D eigenvalue weighted by molar-refractivity contribution is 6.02. The third kappa shape index (κ3) is 2.07. The smallest absolute Gasteiger partial charge is 0.139 e. The third-order valence-electron chi connectivity index (χ3n) is 4.25. The number of aryl methyl sites for hydroxylation is 1. The van der Waals surface area contributed by atoms with Crippen molar-refractivity contribution in [2.75, 3.05) is 24.6 Å². The van der Waals surface area contributed by atoms with Gasteiger partial charge in [-0.1, -0.05) is 0 Å². The van der Waals surface area contributed by atoms with Crippen molar-refractivity contribution in [2.45, 2.75) is 20.0 Å². The summed E-state index contributed by atoms with van der Waals surface area (Å²) in [7, 11) is 0. The maximum atomic E-state index is 5.66. The monoisotopic (exact) mass is 297 g/mol. The van der Waals surface area contributed by atoms with Crippen molar-refractivity contribution in [3.63, 3.8) is 0 Å². The summed E-state index contributed by atoms with van der Waals surface area (Å²) in [6, 6.07) is 2.09. The molecule has 114 valence electrons. The quantitative estimate of drug-likeness (QED) is 0.762. The molecule has 1 aliphatic rings. The summed E-state index contributed by atoms with van der Waals surface area (Å²) in [5.41, 5.74) is 5.36. The van der Waals surface area contributed by atoms with Crippen molar-refractivity contribution in [1.82, 2.24) is 20.2 Å². The fourth-order valence-corrected chi connectivity index (χ4v) is 3.18. The molecule has 0 radical (unpaired) electrons. The number of hydrogen-bond donors (Lipinski definition) is 2. The van der Waals surface area contributed by atoms with Crippen LogP contribution in [-0.2, 0) is 4.74 Å². The molecule has 1 aliphatic heterocycles. The molecule has 1 fully saturated rings. The van der Waals surface area contributed by atoms with Crippen LogP contribution in [0.4, 0.5) is 5.69 Å². The first-order valence-corrected chi connectivity index (χ1v) is 7.57. The van der Waals surface area contributed by atoms with E-state index in [0.717, 1.165) is 47.6 Å². The van der Waals surface area contributed by atoms with Crippen molar-refractivity contribution < 1.29 is 4.74 Å². The molecule has 3 aromatic rings. The minimum Gasteiger partial charge on any atom is -0.375 e. The Morgan fingerprint density at radius 3 is 3.00 bits per heavy atom. The average Bonchev–Trinajstić information content (AvgIpc) is 3.12. The molecule has 0 aromatic carbocycles. The molecule has 0 aliphatic carbocycles. The number of pyridine rings is 1. The summed E-state index contributed by atoms with van der Waals surface area (Å²) in [5.74, 6) is 0. The number of anilines is 1. The first-order chi connectivity index (χ1) is 10.7. The number of aromatic amines is 2. The first kappa shape index (κ1) is 13.3. The lowest BCUT2D eigenvalue weighted by atomic mass is 10.1. The summed E-state index contributed by atoms with van der Waals surface area (Å²) < 4.78 is 5.66. The highest BCUT2D eigenvalue weighted by Crippen LogP contribution is 2.36. The summed E-state index contributed by atoms with van der Waals surface area (Å²) in [4.78, 5) is 10.1. The molecule has 0 unspecified atom stereocenters. The van der Waals surface area contributed by atoms with E-state index >= 15 is 0 Å². The Labute approximate surface area is 128 Å². The van der Waals surface area contributed by atoms with Gasteiger partial charge in [-0.25, -0.2) is 4.98 Å². The molecular formula is C16H19N5O. The van der Waals surface area contributed by atoms with Gasteiger partial charge in [0.25, 0.3) is 0 Å². The second kappa shape index (κ2) is 5.14. The van der Waals surface area contributed by atoms with Crippen LogP contribution in [0.2, 0.25) is 0 Å². The van der Waals surface area contributed by atoms with E-state index in [1.807, 2.05) is 25.5 Å². The molecule has 6 heteroatoms. The Hall–Kier alpha value is -2.34. The maximum absolute atomic E-state index is 5.66. The molecule has 4 rings (SSSR count). The maximum Gasteiger partial charge on any atom is 0.139 e. The minimum atomic E-state index is 0.245. The molecule has 1 saturated heterocycles. The van der Waals surface area contributed by atoms with Crippen LogP contribution in [0.3, 0.4) is 0 Å². The van der Waals surface area contributed by atoms with Gasteiger partial charge >= 0.3 is 0 Å². The predicted octanol–water partition coefficient (Wildman–Crippen LogP) is 2.49. The number of H-pyrrole nitrogens is 2. The highest BCUT2D eigenvalue weighted by atomic mass is 16.5. The molecule has 4 heterocycles. The molecule has 0 bridgehead atoms. The van der Waals surface area contributed by atoms with E-state index in [1.165, 1.54) is 5.69 Å². The summed E-state index contributed by atoms with van der Waals surface area (Å²) >= 11 is 0. The van der Waals surface area contributed by atoms with Gasteiger partial charge in [-0.05, 0) is 19.9 Å². The zero-order chi connectivity index (χ0) is 15.1. The minimum absolute atomic E-state index is 0.245. The van der Waals surface area contributed by atoms with E-state index in [-0.39, 0.29) is 6.10 Å². The van der Waals surface area contributed by atoms with Gasteiger partial charge in [0.1, 0.15) is 5.65 Å². The van der Waals surface area contributed by atoms with E-state index < -0.39 is 0 Å². The number of morpholine rings is 1. The zero-order valence-corrected chi connectivity index (χ0v) is 12.8. The average molecular weight is 297 g/mol. The second-order valence-corrected chi connectivity index (χ2v) is 5.77. The van der Waals surface area contributed by atoms with Crippen LogP contribution in [0, 0.1) is 6.92 Å². The van der Waals surface area contributed by atoms with Crippen LogP contribution in [0.25, 0.3) is 22.2 Å². The fraction of sp³-hybridized carbons (Fsp3) is 0.375. The third-order valence-corrected chi connectivity index (χ3v) is 4.25. The lowest BCUT2D eigenvalue weighted by Crippen LogP contribution is -2.41. The van der Waals surface area contributed by atoms with E-state index in [0.29, 0.717) is 0 Å². The second-order valence-electron chi connectivity index (χ2n) is 5.77. The Balaban J connectivity index is 1.88. The Morgan fingerprint density at radius 1 is 1.32 bits per heavy atom. The molecule has 0 saturated carbocycles. The predicted molar refractivity (Wildman–Crippen MR) is 86.0 cm³/mol. The molecular weight excluding hydrogens is 278 g/mol. The van der Waals surface area contributed by atoms with E-state index in [4.69, 9.17) is 4.74 Å². The lowest BCUT2D eigenvalue weighted by Gasteiger charge is -2.33. The number of rotatable bonds is 2. The molecule has 0 amide bonds. The fourth-order valence-electron chi connectivity index (χ4n) is 3.18. The van der Waals surface area contributed by atoms with Gasteiger partial charge in [0.05, 0.1) is 29.5 Å². The summed E-state index contributed by atoms with van der Waals surface area (Å²) in [6.45, 7) is 6.68. The van der Waals surface area contributed by atoms with Gasteiger partial charge in [0.2, 0.25) is 0 Å². The normalized spacial score (nSPS) is 19.0. The van der Waals surface area contributed by atoms with Crippen LogP contribution < -0.4 is 4.90 Å². The van der Waals surface area contributed by atoms with Crippen LogP contribution >= 0.6 is 0 Å². The number of nitrogens with one attached hydrogen (secondary N) is 2. The molecule has 1 atom stereocenters. The Morgan fingerprint density at radius 2 is 2.23 bits per heavy atom. The number of aromatic nitrogens is 4. The van der Waals surface area contributed by atoms with Gasteiger partial charge < -0.3 is 14.6 Å². The van der Waals surface area contributed by atoms with Crippen molar-refractivity contribution >= 4 is 16.7 Å². The van der Waals surface area contributed by atoms with Crippen molar-refractivity contribution in [3.05, 3.63) is 30.4 Å². The molecule has 22 heavy (non-hydrogen) atoms. The van der Waals surface area contributed by atoms with Crippen LogP contribution in [-0.4, -0.2) is 46.0 Å². The van der Waals surface area contributed by atoms with Crippen molar-refractivity contribution in [1.29, 1.82) is 0 Å². The largest absolute Gasteiger partial charge is 0.375 e. The molecule has 0 spiro atoms. The molecule has 2 N–H and O–H groups in total. The van der Waals surface area contributed by atoms with Crippen molar-refractivity contribution in [2.24, 2.45) is 0 Å². The number of hydrogen-bond acceptors (Lipinski definition) is 4. The summed E-state index contributed by atoms with van der Waals surface area (Å²) in [6.07, 6.45) is 6.06. The van der Waals surface area contributed by atoms with E-state index in [9.17, 15) is 0 Å².